The maximum Gasteiger partial charge on any atom is 0.0714 e. The van der Waals surface area contributed by atoms with E-state index in [0.717, 1.165) is 0 Å². The van der Waals surface area contributed by atoms with E-state index in [2.05, 4.69) is 273 Å². The smallest absolute Gasteiger partial charge is 0.0714 e. The van der Waals surface area contributed by atoms with Gasteiger partial charge in [0.1, 0.15) is 0 Å². The molecule has 0 atom stereocenters. The second kappa shape index (κ2) is 17.1. The van der Waals surface area contributed by atoms with E-state index in [1.54, 1.807) is 0 Å². The second-order valence-electron chi connectivity index (χ2n) is 18.4. The van der Waals surface area contributed by atoms with Gasteiger partial charge in [-0.15, -0.1) is 11.3 Å². The molecule has 0 saturated heterocycles. The van der Waals surface area contributed by atoms with Gasteiger partial charge in [-0.2, -0.15) is 0 Å². The lowest BCUT2D eigenvalue weighted by Crippen LogP contribution is -2.28. The summed E-state index contributed by atoms with van der Waals surface area (Å²) in [6.45, 7) is 0. The minimum atomic E-state index is -0.597. The first kappa shape index (κ1) is 40.9. The lowest BCUT2D eigenvalue weighted by atomic mass is 9.66. The highest BCUT2D eigenvalue weighted by atomic mass is 32.1. The molecule has 1 aliphatic carbocycles. The first-order chi connectivity index (χ1) is 34.2. The van der Waals surface area contributed by atoms with Crippen LogP contribution in [0.4, 0.5) is 0 Å². The van der Waals surface area contributed by atoms with Crippen LogP contribution in [0.15, 0.2) is 273 Å². The van der Waals surface area contributed by atoms with Crippen molar-refractivity contribution in [1.82, 2.24) is 0 Å². The average molecular weight is 895 g/mol. The van der Waals surface area contributed by atoms with Gasteiger partial charge < -0.3 is 0 Å². The quantitative estimate of drug-likeness (QED) is 0.127. The molecule has 1 aromatic heterocycles. The van der Waals surface area contributed by atoms with E-state index in [0.29, 0.717) is 0 Å². The zero-order chi connectivity index (χ0) is 45.7. The van der Waals surface area contributed by atoms with Gasteiger partial charge in [0.2, 0.25) is 0 Å². The Morgan fingerprint density at radius 2 is 0.667 bits per heavy atom. The van der Waals surface area contributed by atoms with E-state index in [1.165, 1.54) is 115 Å². The van der Waals surface area contributed by atoms with Crippen molar-refractivity contribution >= 4 is 31.5 Å². The molecule has 0 N–H and O–H groups in total. The summed E-state index contributed by atoms with van der Waals surface area (Å²) in [5.74, 6) is -0.00285. The number of hydrogen-bond donors (Lipinski definition) is 0. The molecule has 0 nitrogen and oxygen atoms in total. The highest BCUT2D eigenvalue weighted by molar-refractivity contribution is 7.25. The molecule has 1 aliphatic rings. The second-order valence-corrected chi connectivity index (χ2v) is 19.4. The van der Waals surface area contributed by atoms with Gasteiger partial charge in [-0.1, -0.05) is 231 Å². The van der Waals surface area contributed by atoms with E-state index in [1.807, 2.05) is 11.3 Å². The Labute approximate surface area is 408 Å². The third-order valence-corrected chi connectivity index (χ3v) is 15.6. The molecule has 0 saturated carbocycles. The molecule has 324 valence electrons. The van der Waals surface area contributed by atoms with Crippen molar-refractivity contribution in [2.24, 2.45) is 0 Å². The molecular weight excluding hydrogens is 849 g/mol. The van der Waals surface area contributed by atoms with Gasteiger partial charge in [-0.3, -0.25) is 0 Å². The van der Waals surface area contributed by atoms with Gasteiger partial charge in [0.05, 0.1) is 5.41 Å². The molecule has 11 aromatic carbocycles. The van der Waals surface area contributed by atoms with Crippen LogP contribution in [0.3, 0.4) is 0 Å². The normalized spacial score (nSPS) is 12.6. The van der Waals surface area contributed by atoms with Crippen LogP contribution in [0.5, 0.6) is 0 Å². The Hall–Kier alpha value is -8.36. The standard InChI is InChI=1S/C68H46S/c1-5-19-46(20-6-1)50-27-17-29-52(39-50)67(53-30-18-28-51(40-53)47-21-7-2-8-22-47)54-35-37-65-61(44-54)62-45-57(36-38-66(62)69-65)68(63-33-15-13-31-59(63)60-32-14-16-34-64(60)68)58-42-55(48-23-9-3-10-24-48)41-56(43-58)49-25-11-4-12-26-49/h1-45,67H. The molecule has 0 bridgehead atoms. The summed E-state index contributed by atoms with van der Waals surface area (Å²) in [6.07, 6.45) is 0. The van der Waals surface area contributed by atoms with Gasteiger partial charge in [0, 0.05) is 26.1 Å². The number of benzene rings is 11. The highest BCUT2D eigenvalue weighted by Gasteiger charge is 2.46. The van der Waals surface area contributed by atoms with Crippen LogP contribution < -0.4 is 0 Å². The molecule has 0 amide bonds. The maximum atomic E-state index is 2.54. The fourth-order valence-electron chi connectivity index (χ4n) is 11.3. The van der Waals surface area contributed by atoms with Crippen molar-refractivity contribution in [2.75, 3.05) is 0 Å². The Balaban J connectivity index is 1.05. The Kier molecular flexibility index (Phi) is 10.1. The van der Waals surface area contributed by atoms with Crippen LogP contribution in [0.1, 0.15) is 44.9 Å². The third kappa shape index (κ3) is 7.05. The molecule has 1 heteroatoms. The van der Waals surface area contributed by atoms with E-state index in [9.17, 15) is 0 Å². The first-order valence-corrected chi connectivity index (χ1v) is 24.7. The minimum Gasteiger partial charge on any atom is -0.135 e. The van der Waals surface area contributed by atoms with Crippen molar-refractivity contribution in [3.8, 4) is 55.6 Å². The Morgan fingerprint density at radius 3 is 1.17 bits per heavy atom. The van der Waals surface area contributed by atoms with Gasteiger partial charge in [-0.25, -0.2) is 0 Å². The molecule has 1 heterocycles. The number of rotatable bonds is 9. The van der Waals surface area contributed by atoms with Crippen LogP contribution in [-0.2, 0) is 5.41 Å². The summed E-state index contributed by atoms with van der Waals surface area (Å²) < 4.78 is 2.58. The van der Waals surface area contributed by atoms with E-state index in [-0.39, 0.29) is 5.92 Å². The van der Waals surface area contributed by atoms with Crippen LogP contribution in [-0.4, -0.2) is 0 Å². The predicted molar refractivity (Wildman–Crippen MR) is 292 cm³/mol. The fourth-order valence-corrected chi connectivity index (χ4v) is 12.4. The summed E-state index contributed by atoms with van der Waals surface area (Å²) in [4.78, 5) is 0. The molecule has 0 aliphatic heterocycles. The molecule has 0 spiro atoms. The predicted octanol–water partition coefficient (Wildman–Crippen LogP) is 18.3. The van der Waals surface area contributed by atoms with Gasteiger partial charge >= 0.3 is 0 Å². The SMILES string of the molecule is c1ccc(-c2cccc(C(c3cccc(-c4ccccc4)c3)c3ccc4sc5ccc(C6(c7cc(-c8ccccc8)cc(-c8ccccc8)c7)c7ccccc7-c7ccccc76)cc5c4c3)c2)cc1. The van der Waals surface area contributed by atoms with E-state index >= 15 is 0 Å². The number of fused-ring (bicyclic) bond motifs is 6. The monoisotopic (exact) mass is 894 g/mol. The van der Waals surface area contributed by atoms with Crippen LogP contribution in [0.2, 0.25) is 0 Å². The van der Waals surface area contributed by atoms with Gasteiger partial charge in [0.25, 0.3) is 0 Å². The summed E-state index contributed by atoms with van der Waals surface area (Å²) in [7, 11) is 0. The molecule has 12 aromatic rings. The third-order valence-electron chi connectivity index (χ3n) is 14.4. The number of thiophene rings is 1. The van der Waals surface area contributed by atoms with E-state index in [4.69, 9.17) is 0 Å². The lowest BCUT2D eigenvalue weighted by molar-refractivity contribution is 0.771. The summed E-state index contributed by atoms with van der Waals surface area (Å²) in [6, 6.07) is 102. The van der Waals surface area contributed by atoms with Crippen molar-refractivity contribution in [2.45, 2.75) is 11.3 Å². The molecule has 69 heavy (non-hydrogen) atoms. The molecule has 0 unspecified atom stereocenters. The van der Waals surface area contributed by atoms with E-state index < -0.39 is 5.41 Å². The molecule has 0 fully saturated rings. The van der Waals surface area contributed by atoms with Gasteiger partial charge in [0.15, 0.2) is 0 Å². The topological polar surface area (TPSA) is 0 Å². The highest BCUT2D eigenvalue weighted by Crippen LogP contribution is 2.57. The summed E-state index contributed by atoms with van der Waals surface area (Å²) in [5, 5.41) is 2.57. The Morgan fingerprint density at radius 1 is 0.261 bits per heavy atom. The largest absolute Gasteiger partial charge is 0.135 e. The first-order valence-electron chi connectivity index (χ1n) is 23.9. The summed E-state index contributed by atoms with van der Waals surface area (Å²) >= 11 is 1.89. The van der Waals surface area contributed by atoms with Crippen molar-refractivity contribution in [1.29, 1.82) is 0 Å². The van der Waals surface area contributed by atoms with Crippen molar-refractivity contribution in [3.05, 3.63) is 312 Å². The molecule has 0 radical (unpaired) electrons. The molecular formula is C68H46S. The van der Waals surface area contributed by atoms with Crippen molar-refractivity contribution < 1.29 is 0 Å². The minimum absolute atomic E-state index is 0.00285. The summed E-state index contributed by atoms with van der Waals surface area (Å²) in [5.41, 5.74) is 20.6. The van der Waals surface area contributed by atoms with Crippen LogP contribution in [0, 0.1) is 0 Å². The zero-order valence-corrected chi connectivity index (χ0v) is 38.8. The zero-order valence-electron chi connectivity index (χ0n) is 38.0. The lowest BCUT2D eigenvalue weighted by Gasteiger charge is -2.35. The van der Waals surface area contributed by atoms with Gasteiger partial charge in [-0.05, 0) is 137 Å². The van der Waals surface area contributed by atoms with Crippen molar-refractivity contribution in [3.63, 3.8) is 0 Å². The van der Waals surface area contributed by atoms with Crippen LogP contribution in [0.25, 0.3) is 75.8 Å². The maximum absolute atomic E-state index is 2.54. The molecule has 13 rings (SSSR count). The Bertz CT molecular complexity index is 3640. The number of hydrogen-bond acceptors (Lipinski definition) is 1. The average Bonchev–Trinajstić information content (AvgIpc) is 3.95. The van der Waals surface area contributed by atoms with Crippen LogP contribution >= 0.6 is 11.3 Å². The fraction of sp³-hybridized carbons (Fsp3) is 0.0294.